The summed E-state index contributed by atoms with van der Waals surface area (Å²) < 4.78 is 8.11. The number of nitrogens with zero attached hydrogens (tertiary/aromatic N) is 3. The van der Waals surface area contributed by atoms with E-state index in [1.807, 2.05) is 6.20 Å². The molecule has 0 amide bonds. The molecule has 1 saturated carbocycles. The lowest BCUT2D eigenvalue weighted by atomic mass is 9.90. The number of aromatic nitrogens is 3. The Balaban J connectivity index is 1.60. The molecule has 24 heavy (non-hydrogen) atoms. The van der Waals surface area contributed by atoms with Crippen LogP contribution in [0.4, 0.5) is 0 Å². The number of hydrogen-bond acceptors (Lipinski definition) is 4. The van der Waals surface area contributed by atoms with Gasteiger partial charge in [0.15, 0.2) is 6.29 Å². The van der Waals surface area contributed by atoms with E-state index in [0.29, 0.717) is 24.1 Å². The van der Waals surface area contributed by atoms with Crippen molar-refractivity contribution in [2.75, 3.05) is 6.61 Å². The molecule has 2 aromatic rings. The topological polar surface area (TPSA) is 57.0 Å². The maximum Gasteiger partial charge on any atom is 0.172 e. The van der Waals surface area contributed by atoms with E-state index >= 15 is 0 Å². The number of aldehydes is 1. The molecule has 0 atom stereocenters. The molecule has 0 aromatic carbocycles. The normalized spacial score (nSPS) is 17.8. The van der Waals surface area contributed by atoms with Gasteiger partial charge < -0.3 is 4.74 Å². The summed E-state index contributed by atoms with van der Waals surface area (Å²) >= 11 is 0. The SMILES string of the molecule is O=Cc1ncccc1OCC1=C(c2ccnn2C2CC2)CCCC1. The van der Waals surface area contributed by atoms with E-state index in [4.69, 9.17) is 4.74 Å². The molecule has 0 radical (unpaired) electrons. The number of pyridine rings is 1. The van der Waals surface area contributed by atoms with E-state index in [0.717, 1.165) is 19.1 Å². The molecular weight excluding hydrogens is 302 g/mol. The fourth-order valence-electron chi connectivity index (χ4n) is 3.38. The van der Waals surface area contributed by atoms with Crippen LogP contribution in [0.3, 0.4) is 0 Å². The summed E-state index contributed by atoms with van der Waals surface area (Å²) in [4.78, 5) is 15.1. The van der Waals surface area contributed by atoms with Crippen LogP contribution in [0, 0.1) is 0 Å². The summed E-state index contributed by atoms with van der Waals surface area (Å²) in [6, 6.07) is 6.29. The van der Waals surface area contributed by atoms with Crippen molar-refractivity contribution >= 4 is 11.9 Å². The first-order valence-electron chi connectivity index (χ1n) is 8.64. The lowest BCUT2D eigenvalue weighted by molar-refractivity contribution is 0.111. The van der Waals surface area contributed by atoms with Gasteiger partial charge in [-0.1, -0.05) is 0 Å². The molecule has 2 aliphatic carbocycles. The smallest absolute Gasteiger partial charge is 0.172 e. The van der Waals surface area contributed by atoms with E-state index in [2.05, 4.69) is 20.8 Å². The largest absolute Gasteiger partial charge is 0.487 e. The zero-order valence-electron chi connectivity index (χ0n) is 13.6. The van der Waals surface area contributed by atoms with Gasteiger partial charge in [0.25, 0.3) is 0 Å². The number of ether oxygens (including phenoxy) is 1. The number of carbonyl (C=O) groups excluding carboxylic acids is 1. The van der Waals surface area contributed by atoms with Crippen molar-refractivity contribution in [3.8, 4) is 5.75 Å². The second-order valence-electron chi connectivity index (χ2n) is 6.47. The van der Waals surface area contributed by atoms with Gasteiger partial charge in [0.2, 0.25) is 0 Å². The van der Waals surface area contributed by atoms with Gasteiger partial charge in [0.1, 0.15) is 18.1 Å². The van der Waals surface area contributed by atoms with Gasteiger partial charge in [-0.05, 0) is 67.9 Å². The third-order valence-electron chi connectivity index (χ3n) is 4.77. The summed E-state index contributed by atoms with van der Waals surface area (Å²) in [6.07, 6.45) is 11.2. The first kappa shape index (κ1) is 15.1. The zero-order valence-corrected chi connectivity index (χ0v) is 13.6. The second-order valence-corrected chi connectivity index (χ2v) is 6.47. The zero-order chi connectivity index (χ0) is 16.4. The Morgan fingerprint density at radius 3 is 2.92 bits per heavy atom. The number of carbonyl (C=O) groups is 1. The van der Waals surface area contributed by atoms with Gasteiger partial charge in [-0.3, -0.25) is 9.48 Å². The van der Waals surface area contributed by atoms with Crippen LogP contribution in [0.25, 0.3) is 5.57 Å². The van der Waals surface area contributed by atoms with Crippen LogP contribution >= 0.6 is 0 Å². The summed E-state index contributed by atoms with van der Waals surface area (Å²) in [5.41, 5.74) is 4.31. The fraction of sp³-hybridized carbons (Fsp3) is 0.421. The van der Waals surface area contributed by atoms with E-state index in [1.54, 1.807) is 18.3 Å². The van der Waals surface area contributed by atoms with Crippen LogP contribution in [0.2, 0.25) is 0 Å². The van der Waals surface area contributed by atoms with Gasteiger partial charge in [0, 0.05) is 12.4 Å². The molecular formula is C19H21N3O2. The highest BCUT2D eigenvalue weighted by molar-refractivity contribution is 5.76. The molecule has 2 heterocycles. The standard InChI is InChI=1S/C19H21N3O2/c23-12-17-19(6-3-10-20-17)24-13-14-4-1-2-5-16(14)18-9-11-21-22(18)15-7-8-15/h3,6,9-12,15H,1-2,4-5,7-8,13H2. The van der Waals surface area contributed by atoms with E-state index in [9.17, 15) is 4.79 Å². The van der Waals surface area contributed by atoms with Crippen molar-refractivity contribution in [3.05, 3.63) is 47.6 Å². The first-order chi connectivity index (χ1) is 11.9. The second kappa shape index (κ2) is 6.59. The lowest BCUT2D eigenvalue weighted by Gasteiger charge is -2.22. The highest BCUT2D eigenvalue weighted by Crippen LogP contribution is 2.39. The number of allylic oxidation sites excluding steroid dienone is 1. The molecule has 5 nitrogen and oxygen atoms in total. The predicted molar refractivity (Wildman–Crippen MR) is 91.0 cm³/mol. The van der Waals surface area contributed by atoms with Crippen molar-refractivity contribution in [3.63, 3.8) is 0 Å². The van der Waals surface area contributed by atoms with Gasteiger partial charge in [-0.25, -0.2) is 4.98 Å². The molecule has 0 spiro atoms. The summed E-state index contributed by atoms with van der Waals surface area (Å²) in [5.74, 6) is 0.556. The minimum absolute atomic E-state index is 0.360. The molecule has 0 saturated heterocycles. The maximum atomic E-state index is 11.1. The van der Waals surface area contributed by atoms with Gasteiger partial charge in [-0.15, -0.1) is 0 Å². The van der Waals surface area contributed by atoms with Crippen molar-refractivity contribution in [1.82, 2.24) is 14.8 Å². The predicted octanol–water partition coefficient (Wildman–Crippen LogP) is 3.83. The van der Waals surface area contributed by atoms with Gasteiger partial charge >= 0.3 is 0 Å². The lowest BCUT2D eigenvalue weighted by Crippen LogP contribution is -2.12. The highest BCUT2D eigenvalue weighted by atomic mass is 16.5. The molecule has 5 heteroatoms. The van der Waals surface area contributed by atoms with Crippen LogP contribution < -0.4 is 4.74 Å². The fourth-order valence-corrected chi connectivity index (χ4v) is 3.38. The van der Waals surface area contributed by atoms with Crippen LogP contribution in [-0.2, 0) is 0 Å². The Hall–Kier alpha value is -2.43. The Bertz CT molecular complexity index is 774. The first-order valence-corrected chi connectivity index (χ1v) is 8.64. The van der Waals surface area contributed by atoms with Crippen molar-refractivity contribution < 1.29 is 9.53 Å². The molecule has 2 aliphatic rings. The molecule has 2 aromatic heterocycles. The molecule has 4 rings (SSSR count). The van der Waals surface area contributed by atoms with Crippen molar-refractivity contribution in [2.24, 2.45) is 0 Å². The van der Waals surface area contributed by atoms with Gasteiger partial charge in [0.05, 0.1) is 11.7 Å². The van der Waals surface area contributed by atoms with Crippen LogP contribution in [0.5, 0.6) is 5.75 Å². The molecule has 0 N–H and O–H groups in total. The Morgan fingerprint density at radius 2 is 2.08 bits per heavy atom. The van der Waals surface area contributed by atoms with Crippen molar-refractivity contribution in [2.45, 2.75) is 44.6 Å². The molecule has 0 bridgehead atoms. The van der Waals surface area contributed by atoms with Gasteiger partial charge in [-0.2, -0.15) is 5.10 Å². The van der Waals surface area contributed by atoms with Crippen LogP contribution in [0.1, 0.15) is 60.7 Å². The minimum Gasteiger partial charge on any atom is -0.487 e. The molecule has 0 unspecified atom stereocenters. The maximum absolute atomic E-state index is 11.1. The molecule has 1 fully saturated rings. The van der Waals surface area contributed by atoms with E-state index in [1.165, 1.54) is 42.5 Å². The summed E-state index contributed by atoms with van der Waals surface area (Å²) in [6.45, 7) is 0.512. The molecule has 124 valence electrons. The van der Waals surface area contributed by atoms with Crippen molar-refractivity contribution in [1.29, 1.82) is 0 Å². The Morgan fingerprint density at radius 1 is 1.21 bits per heavy atom. The average molecular weight is 323 g/mol. The highest BCUT2D eigenvalue weighted by Gasteiger charge is 2.28. The third-order valence-corrected chi connectivity index (χ3v) is 4.77. The third kappa shape index (κ3) is 2.98. The minimum atomic E-state index is 0.360. The Kier molecular flexibility index (Phi) is 4.15. The number of hydrogen-bond donors (Lipinski definition) is 0. The van der Waals surface area contributed by atoms with Crippen LogP contribution in [0.15, 0.2) is 36.2 Å². The van der Waals surface area contributed by atoms with E-state index in [-0.39, 0.29) is 0 Å². The quantitative estimate of drug-likeness (QED) is 0.758. The summed E-state index contributed by atoms with van der Waals surface area (Å²) in [5, 5.41) is 4.52. The molecule has 0 aliphatic heterocycles. The van der Waals surface area contributed by atoms with E-state index < -0.39 is 0 Å². The number of rotatable bonds is 6. The van der Waals surface area contributed by atoms with Crippen LogP contribution in [-0.4, -0.2) is 27.7 Å². The monoisotopic (exact) mass is 323 g/mol. The average Bonchev–Trinajstić information content (AvgIpc) is 3.37. The Labute approximate surface area is 141 Å². The summed E-state index contributed by atoms with van der Waals surface area (Å²) in [7, 11) is 0.